The highest BCUT2D eigenvalue weighted by atomic mass is 19.1. The summed E-state index contributed by atoms with van der Waals surface area (Å²) in [5.74, 6) is 0.171. The molecule has 0 radical (unpaired) electrons. The number of benzene rings is 2. The predicted molar refractivity (Wildman–Crippen MR) is 95.5 cm³/mol. The lowest BCUT2D eigenvalue weighted by molar-refractivity contribution is 0.0831. The number of hydrogen-bond acceptors (Lipinski definition) is 4. The van der Waals surface area contributed by atoms with Gasteiger partial charge in [-0.2, -0.15) is 0 Å². The number of anilines is 2. The number of likely N-dealkylation sites (N-methyl/N-ethyl adjacent to an activating group) is 1. The number of aliphatic hydroxyl groups excluding tert-OH is 1. The third kappa shape index (κ3) is 6.78. The Morgan fingerprint density at radius 1 is 1.16 bits per heavy atom. The van der Waals surface area contributed by atoms with E-state index in [-0.39, 0.29) is 6.61 Å². The molecule has 25 heavy (non-hydrogen) atoms. The molecule has 0 aliphatic carbocycles. The van der Waals surface area contributed by atoms with Gasteiger partial charge in [-0.1, -0.05) is 6.07 Å². The van der Waals surface area contributed by atoms with E-state index in [4.69, 9.17) is 4.74 Å². The molecule has 0 aliphatic rings. The average Bonchev–Trinajstić information content (AvgIpc) is 2.53. The van der Waals surface area contributed by atoms with Crippen LogP contribution in [0.25, 0.3) is 0 Å². The Morgan fingerprint density at radius 3 is 2.48 bits per heavy atom. The fourth-order valence-electron chi connectivity index (χ4n) is 2.16. The fraction of sp³-hybridized carbons (Fsp3) is 0.278. The summed E-state index contributed by atoms with van der Waals surface area (Å²) in [6.45, 7) is 0.699. The van der Waals surface area contributed by atoms with Crippen LogP contribution in [0.4, 0.5) is 20.6 Å². The van der Waals surface area contributed by atoms with Crippen molar-refractivity contribution in [1.82, 2.24) is 4.90 Å². The Hall–Kier alpha value is -2.64. The molecule has 0 spiro atoms. The standard InChI is InChI=1S/C18H22FN3O3/c1-22(2)11-16(23)12-25-17-8-6-14(7-9-17)20-18(24)21-15-5-3-4-13(19)10-15/h3-10,16,23H,11-12H2,1-2H3,(H2,20,21,24)/t16-/m0/s1. The third-order valence-corrected chi connectivity index (χ3v) is 3.21. The SMILES string of the molecule is CN(C)C[C@H](O)COc1ccc(NC(=O)Nc2cccc(F)c2)cc1. The maximum Gasteiger partial charge on any atom is 0.323 e. The maximum atomic E-state index is 13.1. The largest absolute Gasteiger partial charge is 0.491 e. The number of ether oxygens (including phenoxy) is 1. The van der Waals surface area contributed by atoms with Crippen molar-refractivity contribution in [3.63, 3.8) is 0 Å². The first-order valence-corrected chi connectivity index (χ1v) is 7.81. The Labute approximate surface area is 146 Å². The first kappa shape index (κ1) is 18.7. The third-order valence-electron chi connectivity index (χ3n) is 3.21. The van der Waals surface area contributed by atoms with Crippen LogP contribution in [0.1, 0.15) is 0 Å². The second kappa shape index (κ2) is 9.00. The van der Waals surface area contributed by atoms with Crippen LogP contribution in [-0.4, -0.2) is 49.4 Å². The van der Waals surface area contributed by atoms with Crippen LogP contribution in [0.3, 0.4) is 0 Å². The molecule has 0 aromatic heterocycles. The summed E-state index contributed by atoms with van der Waals surface area (Å²) in [4.78, 5) is 13.8. The second-order valence-corrected chi connectivity index (χ2v) is 5.84. The number of nitrogens with one attached hydrogen (secondary N) is 2. The molecule has 2 rings (SSSR count). The van der Waals surface area contributed by atoms with Crippen LogP contribution in [-0.2, 0) is 0 Å². The molecule has 134 valence electrons. The molecule has 0 unspecified atom stereocenters. The Kier molecular flexibility index (Phi) is 6.73. The van der Waals surface area contributed by atoms with Gasteiger partial charge in [-0.15, -0.1) is 0 Å². The molecule has 0 bridgehead atoms. The van der Waals surface area contributed by atoms with Crippen LogP contribution < -0.4 is 15.4 Å². The first-order valence-electron chi connectivity index (χ1n) is 7.81. The smallest absolute Gasteiger partial charge is 0.323 e. The molecular weight excluding hydrogens is 325 g/mol. The molecular formula is C18H22FN3O3. The van der Waals surface area contributed by atoms with Crippen molar-refractivity contribution in [1.29, 1.82) is 0 Å². The van der Waals surface area contributed by atoms with Gasteiger partial charge in [0.1, 0.15) is 24.3 Å². The zero-order valence-electron chi connectivity index (χ0n) is 14.2. The maximum absolute atomic E-state index is 13.1. The van der Waals surface area contributed by atoms with Crippen LogP contribution in [0.2, 0.25) is 0 Å². The van der Waals surface area contributed by atoms with Gasteiger partial charge in [-0.05, 0) is 56.6 Å². The molecule has 0 aliphatic heterocycles. The summed E-state index contributed by atoms with van der Waals surface area (Å²) in [7, 11) is 3.75. The van der Waals surface area contributed by atoms with Gasteiger partial charge in [0.05, 0.1) is 0 Å². The van der Waals surface area contributed by atoms with Gasteiger partial charge in [0.2, 0.25) is 0 Å². The van der Waals surface area contributed by atoms with E-state index >= 15 is 0 Å². The van der Waals surface area contributed by atoms with Crippen molar-refractivity contribution in [2.45, 2.75) is 6.10 Å². The van der Waals surface area contributed by atoms with Crippen molar-refractivity contribution in [3.8, 4) is 5.75 Å². The van der Waals surface area contributed by atoms with Crippen LogP contribution in [0.15, 0.2) is 48.5 Å². The Morgan fingerprint density at radius 2 is 1.84 bits per heavy atom. The highest BCUT2D eigenvalue weighted by molar-refractivity contribution is 5.99. The van der Waals surface area contributed by atoms with Crippen molar-refractivity contribution >= 4 is 17.4 Å². The molecule has 1 atom stereocenters. The number of nitrogens with zero attached hydrogens (tertiary/aromatic N) is 1. The van der Waals surface area contributed by atoms with Crippen LogP contribution in [0.5, 0.6) is 5.75 Å². The van der Waals surface area contributed by atoms with Gasteiger partial charge >= 0.3 is 6.03 Å². The lowest BCUT2D eigenvalue weighted by Crippen LogP contribution is -2.30. The number of urea groups is 1. The van der Waals surface area contributed by atoms with E-state index < -0.39 is 18.0 Å². The minimum absolute atomic E-state index is 0.186. The second-order valence-electron chi connectivity index (χ2n) is 5.84. The molecule has 2 aromatic carbocycles. The average molecular weight is 347 g/mol. The van der Waals surface area contributed by atoms with Crippen LogP contribution >= 0.6 is 0 Å². The summed E-state index contributed by atoms with van der Waals surface area (Å²) in [5.41, 5.74) is 0.933. The van der Waals surface area contributed by atoms with Crippen LogP contribution in [0, 0.1) is 5.82 Å². The molecule has 7 heteroatoms. The minimum atomic E-state index is -0.579. The van der Waals surface area contributed by atoms with Crippen molar-refractivity contribution in [2.24, 2.45) is 0 Å². The van der Waals surface area contributed by atoms with E-state index in [1.165, 1.54) is 18.2 Å². The van der Waals surface area contributed by atoms with Gasteiger partial charge in [0.15, 0.2) is 0 Å². The van der Waals surface area contributed by atoms with Gasteiger partial charge in [0.25, 0.3) is 0 Å². The first-order chi connectivity index (χ1) is 11.9. The molecule has 0 fully saturated rings. The lowest BCUT2D eigenvalue weighted by Gasteiger charge is -2.16. The number of halogens is 1. The Bertz CT molecular complexity index is 692. The van der Waals surface area contributed by atoms with Gasteiger partial charge < -0.3 is 25.4 Å². The van der Waals surface area contributed by atoms with Crippen molar-refractivity contribution < 1.29 is 19.0 Å². The van der Waals surface area contributed by atoms with E-state index in [1.54, 1.807) is 30.3 Å². The summed E-state index contributed by atoms with van der Waals surface area (Å²) in [6.07, 6.45) is -0.579. The molecule has 3 N–H and O–H groups in total. The molecule has 2 aromatic rings. The minimum Gasteiger partial charge on any atom is -0.491 e. The van der Waals surface area contributed by atoms with Gasteiger partial charge in [-0.25, -0.2) is 9.18 Å². The summed E-state index contributed by atoms with van der Waals surface area (Å²) in [5, 5.41) is 14.9. The van der Waals surface area contributed by atoms with E-state index in [1.807, 2.05) is 19.0 Å². The van der Waals surface area contributed by atoms with Gasteiger partial charge in [0, 0.05) is 17.9 Å². The number of carbonyl (C=O) groups excluding carboxylic acids is 1. The fourth-order valence-corrected chi connectivity index (χ4v) is 2.16. The van der Waals surface area contributed by atoms with E-state index in [2.05, 4.69) is 10.6 Å². The zero-order valence-corrected chi connectivity index (χ0v) is 14.2. The summed E-state index contributed by atoms with van der Waals surface area (Å²) < 4.78 is 18.6. The number of carbonyl (C=O) groups is 1. The van der Waals surface area contributed by atoms with E-state index in [9.17, 15) is 14.3 Å². The van der Waals surface area contributed by atoms with Crippen molar-refractivity contribution in [2.75, 3.05) is 37.9 Å². The normalized spacial score (nSPS) is 11.9. The lowest BCUT2D eigenvalue weighted by atomic mass is 10.3. The quantitative estimate of drug-likeness (QED) is 0.720. The monoisotopic (exact) mass is 347 g/mol. The van der Waals surface area contributed by atoms with E-state index in [0.29, 0.717) is 23.7 Å². The highest BCUT2D eigenvalue weighted by Crippen LogP contribution is 2.16. The highest BCUT2D eigenvalue weighted by Gasteiger charge is 2.07. The topological polar surface area (TPSA) is 73.8 Å². The van der Waals surface area contributed by atoms with Gasteiger partial charge in [-0.3, -0.25) is 0 Å². The molecule has 2 amide bonds. The number of rotatable bonds is 7. The molecule has 0 saturated carbocycles. The number of hydrogen-bond donors (Lipinski definition) is 3. The number of amides is 2. The summed E-state index contributed by atoms with van der Waals surface area (Å²) >= 11 is 0. The molecule has 0 heterocycles. The zero-order chi connectivity index (χ0) is 18.2. The predicted octanol–water partition coefficient (Wildman–Crippen LogP) is 2.77. The van der Waals surface area contributed by atoms with E-state index in [0.717, 1.165) is 0 Å². The molecule has 0 saturated heterocycles. The summed E-state index contributed by atoms with van der Waals surface area (Å²) in [6, 6.07) is 11.9. The Balaban J connectivity index is 1.82. The molecule has 6 nitrogen and oxygen atoms in total. The van der Waals surface area contributed by atoms with Crippen molar-refractivity contribution in [3.05, 3.63) is 54.3 Å². The number of aliphatic hydroxyl groups is 1.